The zero-order valence-corrected chi connectivity index (χ0v) is 10.7. The van der Waals surface area contributed by atoms with Crippen LogP contribution in [0, 0.1) is 6.92 Å². The first-order chi connectivity index (χ1) is 9.82. The van der Waals surface area contributed by atoms with E-state index in [-0.39, 0.29) is 11.3 Å². The van der Waals surface area contributed by atoms with Crippen molar-refractivity contribution < 1.29 is 27.2 Å². The third-order valence-electron chi connectivity index (χ3n) is 3.03. The van der Waals surface area contributed by atoms with Crippen molar-refractivity contribution in [3.63, 3.8) is 0 Å². The predicted molar refractivity (Wildman–Crippen MR) is 67.1 cm³/mol. The Balaban J connectivity index is 2.53. The molecule has 1 aliphatic rings. The lowest BCUT2D eigenvalue weighted by Crippen LogP contribution is -2.16. The van der Waals surface area contributed by atoms with Crippen LogP contribution < -0.4 is 0 Å². The van der Waals surface area contributed by atoms with Crippen molar-refractivity contribution in [1.29, 1.82) is 0 Å². The van der Waals surface area contributed by atoms with Crippen LogP contribution in [0.5, 0.6) is 5.75 Å². The van der Waals surface area contributed by atoms with Crippen molar-refractivity contribution in [1.82, 2.24) is 5.34 Å². The summed E-state index contributed by atoms with van der Waals surface area (Å²) in [5.41, 5.74) is -1.31. The zero-order chi connectivity index (χ0) is 15.7. The van der Waals surface area contributed by atoms with Crippen molar-refractivity contribution in [2.75, 3.05) is 0 Å². The average molecular weight is 303 g/mol. The number of phenolic OH excluding ortho intramolecular Hbond substituents is 1. The summed E-state index contributed by atoms with van der Waals surface area (Å²) in [6.45, 7) is 1.58. The van der Waals surface area contributed by atoms with E-state index in [1.165, 1.54) is 6.07 Å². The maximum absolute atomic E-state index is 13.7. The molecular weight excluding hydrogens is 293 g/mol. The van der Waals surface area contributed by atoms with Crippen LogP contribution in [0.3, 0.4) is 0 Å². The highest BCUT2D eigenvalue weighted by Crippen LogP contribution is 2.36. The maximum Gasteiger partial charge on any atom is 0.186 e. The average Bonchev–Trinajstić information content (AvgIpc) is 2.43. The Hall–Kier alpha value is -2.31. The van der Waals surface area contributed by atoms with Crippen molar-refractivity contribution in [3.8, 4) is 5.75 Å². The molecule has 1 N–H and O–H groups in total. The van der Waals surface area contributed by atoms with Gasteiger partial charge in [-0.3, -0.25) is 0 Å². The fraction of sp³-hybridized carbons (Fsp3) is 0.143. The Bertz CT molecular complexity index is 663. The van der Waals surface area contributed by atoms with Gasteiger partial charge in [0.1, 0.15) is 11.4 Å². The van der Waals surface area contributed by atoms with Crippen molar-refractivity contribution >= 4 is 6.08 Å². The van der Waals surface area contributed by atoms with Gasteiger partial charge in [-0.05, 0) is 35.6 Å². The molecule has 21 heavy (non-hydrogen) atoms. The molecule has 1 aromatic rings. The van der Waals surface area contributed by atoms with Gasteiger partial charge in [0.15, 0.2) is 17.8 Å². The van der Waals surface area contributed by atoms with Crippen LogP contribution in [0.1, 0.15) is 11.1 Å². The van der Waals surface area contributed by atoms with E-state index < -0.39 is 34.4 Å². The number of halogens is 5. The SMILES string of the molecule is Cc1cccc(C=C2C=C(N(F)F)C(F)=C(F)C2F)c1O. The molecule has 1 aromatic carbocycles. The number of benzene rings is 1. The van der Waals surface area contributed by atoms with Crippen LogP contribution in [0.15, 0.2) is 47.2 Å². The van der Waals surface area contributed by atoms with Crippen LogP contribution in [-0.4, -0.2) is 16.6 Å². The quantitative estimate of drug-likeness (QED) is 0.640. The minimum atomic E-state index is -2.51. The van der Waals surface area contributed by atoms with E-state index >= 15 is 0 Å². The number of aryl methyl sites for hydroxylation is 1. The van der Waals surface area contributed by atoms with E-state index in [1.54, 1.807) is 19.1 Å². The maximum atomic E-state index is 13.7. The lowest BCUT2D eigenvalue weighted by molar-refractivity contribution is -0.116. The second-order valence-electron chi connectivity index (χ2n) is 4.44. The molecule has 0 aliphatic heterocycles. The van der Waals surface area contributed by atoms with Gasteiger partial charge in [0.25, 0.3) is 0 Å². The van der Waals surface area contributed by atoms with Gasteiger partial charge in [-0.15, -0.1) is 0 Å². The molecule has 2 nitrogen and oxygen atoms in total. The Labute approximate surface area is 117 Å². The molecule has 0 spiro atoms. The van der Waals surface area contributed by atoms with Crippen molar-refractivity contribution in [3.05, 3.63) is 58.3 Å². The zero-order valence-electron chi connectivity index (χ0n) is 10.7. The standard InChI is InChI=1S/C14H10F5NO/c1-7-3-2-4-8(14(7)21)5-9-6-10(20(18)19)12(16)13(17)11(9)15/h2-6,11,21H,1H3. The summed E-state index contributed by atoms with van der Waals surface area (Å²) in [5.74, 6) is -4.07. The van der Waals surface area contributed by atoms with E-state index in [0.717, 1.165) is 6.08 Å². The number of allylic oxidation sites excluding steroid dienone is 4. The highest BCUT2D eigenvalue weighted by Gasteiger charge is 2.32. The van der Waals surface area contributed by atoms with Crippen LogP contribution >= 0.6 is 0 Å². The summed E-state index contributed by atoms with van der Waals surface area (Å²) >= 11 is 0. The van der Waals surface area contributed by atoms with Crippen LogP contribution in [0.2, 0.25) is 0 Å². The van der Waals surface area contributed by atoms with Gasteiger partial charge in [-0.25, -0.2) is 13.2 Å². The molecule has 7 heteroatoms. The van der Waals surface area contributed by atoms with Crippen LogP contribution in [0.4, 0.5) is 22.1 Å². The minimum Gasteiger partial charge on any atom is -0.507 e. The first-order valence-electron chi connectivity index (χ1n) is 5.86. The lowest BCUT2D eigenvalue weighted by atomic mass is 9.98. The fourth-order valence-corrected chi connectivity index (χ4v) is 1.89. The number of alkyl halides is 1. The molecule has 0 aromatic heterocycles. The van der Waals surface area contributed by atoms with E-state index in [9.17, 15) is 27.2 Å². The normalized spacial score (nSPS) is 20.8. The predicted octanol–water partition coefficient (Wildman–Crippen LogP) is 4.54. The van der Waals surface area contributed by atoms with Crippen LogP contribution in [0.25, 0.3) is 6.08 Å². The molecule has 0 bridgehead atoms. The third kappa shape index (κ3) is 2.76. The molecular formula is C14H10F5NO. The molecule has 0 radical (unpaired) electrons. The molecule has 0 saturated carbocycles. The van der Waals surface area contributed by atoms with Gasteiger partial charge in [0.2, 0.25) is 0 Å². The van der Waals surface area contributed by atoms with Gasteiger partial charge in [-0.1, -0.05) is 27.2 Å². The highest BCUT2D eigenvalue weighted by molar-refractivity contribution is 5.66. The summed E-state index contributed by atoms with van der Waals surface area (Å²) in [6.07, 6.45) is -1.03. The Kier molecular flexibility index (Phi) is 4.02. The molecule has 2 rings (SSSR count). The fourth-order valence-electron chi connectivity index (χ4n) is 1.89. The van der Waals surface area contributed by atoms with Gasteiger partial charge >= 0.3 is 0 Å². The number of hydrogen-bond donors (Lipinski definition) is 1. The molecule has 0 fully saturated rings. The Morgan fingerprint density at radius 1 is 1.24 bits per heavy atom. The number of phenols is 1. The van der Waals surface area contributed by atoms with Crippen molar-refractivity contribution in [2.24, 2.45) is 0 Å². The Morgan fingerprint density at radius 2 is 1.90 bits per heavy atom. The second-order valence-corrected chi connectivity index (χ2v) is 4.44. The molecule has 1 atom stereocenters. The summed E-state index contributed by atoms with van der Waals surface area (Å²) < 4.78 is 65.2. The van der Waals surface area contributed by atoms with Gasteiger partial charge in [0, 0.05) is 5.56 Å². The summed E-state index contributed by atoms with van der Waals surface area (Å²) in [4.78, 5) is 0. The molecule has 0 saturated heterocycles. The van der Waals surface area contributed by atoms with E-state index in [0.29, 0.717) is 11.6 Å². The number of para-hydroxylation sites is 1. The lowest BCUT2D eigenvalue weighted by Gasteiger charge is -2.17. The van der Waals surface area contributed by atoms with Crippen molar-refractivity contribution in [2.45, 2.75) is 13.1 Å². The smallest absolute Gasteiger partial charge is 0.186 e. The molecule has 1 aliphatic carbocycles. The highest BCUT2D eigenvalue weighted by atomic mass is 19.4. The minimum absolute atomic E-state index is 0.114. The Morgan fingerprint density at radius 3 is 2.52 bits per heavy atom. The second kappa shape index (κ2) is 5.59. The summed E-state index contributed by atoms with van der Waals surface area (Å²) in [5, 5.41) is 8.15. The largest absolute Gasteiger partial charge is 0.507 e. The number of rotatable bonds is 2. The van der Waals surface area contributed by atoms with Gasteiger partial charge in [0.05, 0.1) is 0 Å². The third-order valence-corrected chi connectivity index (χ3v) is 3.03. The van der Waals surface area contributed by atoms with E-state index in [2.05, 4.69) is 0 Å². The van der Waals surface area contributed by atoms with Gasteiger partial charge < -0.3 is 5.11 Å². The number of nitrogens with zero attached hydrogens (tertiary/aromatic N) is 1. The number of aromatic hydroxyl groups is 1. The molecule has 112 valence electrons. The molecule has 1 unspecified atom stereocenters. The first kappa shape index (κ1) is 15.1. The van der Waals surface area contributed by atoms with E-state index in [1.807, 2.05) is 0 Å². The van der Waals surface area contributed by atoms with Crippen LogP contribution in [-0.2, 0) is 0 Å². The van der Waals surface area contributed by atoms with E-state index in [4.69, 9.17) is 0 Å². The molecule has 0 amide bonds. The summed E-state index contributed by atoms with van der Waals surface area (Å²) in [7, 11) is 0. The number of hydrogen-bond acceptors (Lipinski definition) is 2. The first-order valence-corrected chi connectivity index (χ1v) is 5.86. The monoisotopic (exact) mass is 303 g/mol. The molecule has 0 heterocycles. The summed E-state index contributed by atoms with van der Waals surface area (Å²) in [6, 6.07) is 4.52. The van der Waals surface area contributed by atoms with Gasteiger partial charge in [-0.2, -0.15) is 0 Å². The topological polar surface area (TPSA) is 23.5 Å².